The molecule has 0 amide bonds. The van der Waals surface area contributed by atoms with E-state index in [1.807, 2.05) is 42.5 Å². The minimum absolute atomic E-state index is 0.452. The lowest BCUT2D eigenvalue weighted by Gasteiger charge is -2.32. The van der Waals surface area contributed by atoms with Crippen LogP contribution >= 0.6 is 0 Å². The van der Waals surface area contributed by atoms with E-state index in [0.717, 1.165) is 65.2 Å². The van der Waals surface area contributed by atoms with Crippen LogP contribution in [0.1, 0.15) is 31.2 Å². The molecular weight excluding hydrogens is 508 g/mol. The van der Waals surface area contributed by atoms with E-state index in [-0.39, 0.29) is 0 Å². The topological polar surface area (TPSA) is 111 Å². The highest BCUT2D eigenvalue weighted by Crippen LogP contribution is 2.32. The maximum absolute atomic E-state index is 6.32. The molecule has 0 bridgehead atoms. The third-order valence-corrected chi connectivity index (χ3v) is 7.89. The van der Waals surface area contributed by atoms with Gasteiger partial charge in [0, 0.05) is 36.1 Å². The van der Waals surface area contributed by atoms with Crippen molar-refractivity contribution in [3.05, 3.63) is 90.6 Å². The predicted octanol–water partition coefficient (Wildman–Crippen LogP) is 5.02. The Hall–Kier alpha value is -4.11. The van der Waals surface area contributed by atoms with E-state index in [2.05, 4.69) is 61.9 Å². The van der Waals surface area contributed by atoms with Crippen molar-refractivity contribution in [3.8, 4) is 28.3 Å². The first-order valence-electron chi connectivity index (χ1n) is 14.5. The van der Waals surface area contributed by atoms with Gasteiger partial charge in [0.05, 0.1) is 11.3 Å². The number of imidazole rings is 1. The molecule has 7 rings (SSSR count). The Labute approximate surface area is 241 Å². The summed E-state index contributed by atoms with van der Waals surface area (Å²) in [5.41, 5.74) is 17.5. The van der Waals surface area contributed by atoms with Crippen LogP contribution in [0.25, 0.3) is 39.5 Å². The zero-order valence-electron chi connectivity index (χ0n) is 23.6. The zero-order chi connectivity index (χ0) is 28.2. The molecule has 8 heteroatoms. The van der Waals surface area contributed by atoms with Crippen molar-refractivity contribution in [2.45, 2.75) is 44.3 Å². The minimum Gasteiger partial charge on any atom is -0.383 e. The third kappa shape index (κ3) is 6.00. The fourth-order valence-electron chi connectivity index (χ4n) is 5.61. The summed E-state index contributed by atoms with van der Waals surface area (Å²) < 4.78 is 2.11. The Balaban J connectivity index is 0.00000148. The molecule has 0 spiro atoms. The lowest BCUT2D eigenvalue weighted by Crippen LogP contribution is -2.42. The van der Waals surface area contributed by atoms with Crippen LogP contribution < -0.4 is 16.8 Å². The Morgan fingerprint density at radius 1 is 0.805 bits per heavy atom. The Kier molecular flexibility index (Phi) is 8.04. The summed E-state index contributed by atoms with van der Waals surface area (Å²) in [6, 6.07) is 28.4. The molecule has 8 nitrogen and oxygen atoms in total. The minimum atomic E-state index is 0.452. The van der Waals surface area contributed by atoms with E-state index in [1.165, 1.54) is 38.3 Å². The summed E-state index contributed by atoms with van der Waals surface area (Å²) >= 11 is 0. The van der Waals surface area contributed by atoms with Crippen molar-refractivity contribution in [1.29, 1.82) is 0 Å². The first kappa shape index (κ1) is 27.1. The van der Waals surface area contributed by atoms with E-state index in [1.54, 1.807) is 6.20 Å². The van der Waals surface area contributed by atoms with Gasteiger partial charge >= 0.3 is 0 Å². The normalized spacial score (nSPS) is 16.0. The number of rotatable bonds is 7. The fraction of sp³-hybridized carbons (Fsp3) is 0.303. The van der Waals surface area contributed by atoms with Crippen molar-refractivity contribution >= 4 is 17.0 Å². The number of hydrogen-bond acceptors (Lipinski definition) is 7. The van der Waals surface area contributed by atoms with Crippen LogP contribution in [0.2, 0.25) is 0 Å². The number of anilines is 1. The second kappa shape index (κ2) is 12.2. The Morgan fingerprint density at radius 2 is 1.54 bits per heavy atom. The molecule has 2 aliphatic rings. The summed E-state index contributed by atoms with van der Waals surface area (Å²) in [6.07, 6.45) is 6.90. The summed E-state index contributed by atoms with van der Waals surface area (Å²) in [4.78, 5) is 16.9. The Morgan fingerprint density at radius 3 is 2.24 bits per heavy atom. The average Bonchev–Trinajstić information content (AvgIpc) is 3.77. The highest BCUT2D eigenvalue weighted by molar-refractivity contribution is 5.84. The fourth-order valence-corrected chi connectivity index (χ4v) is 5.61. The SMILES string of the molecule is CN.Nc1ncccc1-c1nc2ccc(-c3ccccc3)nc2n1-c1ccc(CN2CCC(NC3CC3)CC2)cc1. The molecule has 0 unspecified atom stereocenters. The summed E-state index contributed by atoms with van der Waals surface area (Å²) in [5, 5.41) is 3.80. The van der Waals surface area contributed by atoms with Crippen LogP contribution in [-0.2, 0) is 6.54 Å². The molecule has 1 saturated heterocycles. The van der Waals surface area contributed by atoms with Crippen LogP contribution in [0.3, 0.4) is 0 Å². The van der Waals surface area contributed by atoms with Crippen LogP contribution in [0.4, 0.5) is 5.82 Å². The summed E-state index contributed by atoms with van der Waals surface area (Å²) in [6.45, 7) is 3.27. The van der Waals surface area contributed by atoms with Gasteiger partial charge in [-0.3, -0.25) is 9.47 Å². The van der Waals surface area contributed by atoms with Gasteiger partial charge in [0.2, 0.25) is 0 Å². The highest BCUT2D eigenvalue weighted by Gasteiger charge is 2.27. The number of nitrogens with two attached hydrogens (primary N) is 2. The number of likely N-dealkylation sites (tertiary alicyclic amines) is 1. The van der Waals surface area contributed by atoms with Gasteiger partial charge in [-0.2, -0.15) is 0 Å². The van der Waals surface area contributed by atoms with E-state index in [4.69, 9.17) is 15.7 Å². The lowest BCUT2D eigenvalue weighted by molar-refractivity contribution is 0.190. The maximum atomic E-state index is 6.32. The number of aromatic nitrogens is 4. The highest BCUT2D eigenvalue weighted by atomic mass is 15.2. The first-order chi connectivity index (χ1) is 20.2. The first-order valence-corrected chi connectivity index (χ1v) is 14.5. The average molecular weight is 547 g/mol. The van der Waals surface area contributed by atoms with Gasteiger partial charge < -0.3 is 16.8 Å². The van der Waals surface area contributed by atoms with Gasteiger partial charge in [-0.1, -0.05) is 42.5 Å². The van der Waals surface area contributed by atoms with E-state index in [0.29, 0.717) is 11.9 Å². The summed E-state index contributed by atoms with van der Waals surface area (Å²) in [5.74, 6) is 1.19. The monoisotopic (exact) mass is 546 g/mol. The van der Waals surface area contributed by atoms with Crippen molar-refractivity contribution in [3.63, 3.8) is 0 Å². The van der Waals surface area contributed by atoms with E-state index in [9.17, 15) is 0 Å². The summed E-state index contributed by atoms with van der Waals surface area (Å²) in [7, 11) is 1.50. The van der Waals surface area contributed by atoms with Crippen LogP contribution in [-0.4, -0.2) is 56.6 Å². The molecule has 2 fully saturated rings. The number of nitrogen functional groups attached to an aromatic ring is 1. The molecule has 0 atom stereocenters. The van der Waals surface area contributed by atoms with Gasteiger partial charge in [0.1, 0.15) is 11.3 Å². The number of nitrogens with one attached hydrogen (secondary N) is 1. The molecule has 3 aromatic heterocycles. The largest absolute Gasteiger partial charge is 0.383 e. The molecule has 1 saturated carbocycles. The number of pyridine rings is 2. The van der Waals surface area contributed by atoms with Crippen LogP contribution in [0, 0.1) is 0 Å². The van der Waals surface area contributed by atoms with Crippen molar-refractivity contribution < 1.29 is 0 Å². The van der Waals surface area contributed by atoms with Crippen molar-refractivity contribution in [2.24, 2.45) is 5.73 Å². The second-order valence-corrected chi connectivity index (χ2v) is 10.8. The van der Waals surface area contributed by atoms with Crippen LogP contribution in [0.5, 0.6) is 0 Å². The van der Waals surface area contributed by atoms with Gasteiger partial charge in [-0.25, -0.2) is 15.0 Å². The van der Waals surface area contributed by atoms with Crippen molar-refractivity contribution in [2.75, 3.05) is 25.9 Å². The number of piperidine rings is 1. The smallest absolute Gasteiger partial charge is 0.165 e. The molecule has 4 heterocycles. The maximum Gasteiger partial charge on any atom is 0.165 e. The van der Waals surface area contributed by atoms with Gasteiger partial charge in [0.25, 0.3) is 0 Å². The standard InChI is InChI=1S/C32H33N7.CH5N/c33-30-27(7-4-18-34-30)31-37-29-15-14-28(23-5-2-1-3-6-23)36-32(29)39(31)26-12-8-22(9-13-26)21-38-19-16-25(17-20-38)35-24-10-11-24;1-2/h1-9,12-15,18,24-25,35H,10-11,16-17,19-21H2,(H2,33,34);2H2,1H3. The third-order valence-electron chi connectivity index (χ3n) is 7.89. The molecule has 2 aromatic carbocycles. The zero-order valence-corrected chi connectivity index (χ0v) is 23.6. The number of benzene rings is 2. The van der Waals surface area contributed by atoms with E-state index >= 15 is 0 Å². The van der Waals surface area contributed by atoms with Gasteiger partial charge in [0.15, 0.2) is 11.5 Å². The van der Waals surface area contributed by atoms with Gasteiger partial charge in [-0.05, 0) is 87.8 Å². The predicted molar refractivity (Wildman–Crippen MR) is 167 cm³/mol. The van der Waals surface area contributed by atoms with E-state index < -0.39 is 0 Å². The molecule has 41 heavy (non-hydrogen) atoms. The van der Waals surface area contributed by atoms with Gasteiger partial charge in [-0.15, -0.1) is 0 Å². The molecule has 0 radical (unpaired) electrons. The molecule has 5 N–H and O–H groups in total. The number of hydrogen-bond donors (Lipinski definition) is 3. The molecule has 1 aliphatic carbocycles. The quantitative estimate of drug-likeness (QED) is 0.263. The Bertz CT molecular complexity index is 1580. The van der Waals surface area contributed by atoms with Crippen molar-refractivity contribution in [1.82, 2.24) is 29.7 Å². The molecule has 5 aromatic rings. The molecule has 210 valence electrons. The lowest BCUT2D eigenvalue weighted by atomic mass is 10.0. The molecule has 1 aliphatic heterocycles. The second-order valence-electron chi connectivity index (χ2n) is 10.8. The number of fused-ring (bicyclic) bond motifs is 1. The van der Waals surface area contributed by atoms with Crippen LogP contribution in [0.15, 0.2) is 85.1 Å². The number of nitrogens with zero attached hydrogens (tertiary/aromatic N) is 5. The molecular formula is C33H38N8.